The normalized spacial score (nSPS) is 10.7. The van der Waals surface area contributed by atoms with Gasteiger partial charge in [-0.15, -0.1) is 11.3 Å². The van der Waals surface area contributed by atoms with Gasteiger partial charge in [0.15, 0.2) is 5.13 Å². The molecule has 1 heterocycles. The molecular formula is C11H19N3OS. The molecule has 5 heteroatoms. The molecule has 0 bridgehead atoms. The number of nitrogen functional groups attached to an aromatic ring is 1. The van der Waals surface area contributed by atoms with Crippen molar-refractivity contribution in [1.29, 1.82) is 0 Å². The Morgan fingerprint density at radius 1 is 1.56 bits per heavy atom. The van der Waals surface area contributed by atoms with Crippen LogP contribution in [0.25, 0.3) is 0 Å². The summed E-state index contributed by atoms with van der Waals surface area (Å²) < 4.78 is 0. The van der Waals surface area contributed by atoms with Crippen molar-refractivity contribution in [1.82, 2.24) is 10.3 Å². The summed E-state index contributed by atoms with van der Waals surface area (Å²) >= 11 is 1.43. The Bertz CT molecular complexity index is 334. The number of nitrogens with one attached hydrogen (secondary N) is 1. The predicted octanol–water partition coefficient (Wildman–Crippen LogP) is 1.82. The van der Waals surface area contributed by atoms with Gasteiger partial charge in [-0.25, -0.2) is 4.98 Å². The monoisotopic (exact) mass is 241 g/mol. The zero-order valence-corrected chi connectivity index (χ0v) is 10.6. The summed E-state index contributed by atoms with van der Waals surface area (Å²) in [5, 5.41) is 5.44. The van der Waals surface area contributed by atoms with Crippen molar-refractivity contribution < 1.29 is 4.79 Å². The summed E-state index contributed by atoms with van der Waals surface area (Å²) in [7, 11) is 0. The topological polar surface area (TPSA) is 68.0 Å². The maximum absolute atomic E-state index is 11.6. The minimum atomic E-state index is 0.139. The van der Waals surface area contributed by atoms with E-state index in [0.29, 0.717) is 11.7 Å². The number of amides is 1. The summed E-state index contributed by atoms with van der Waals surface area (Å²) in [5.74, 6) is 0.286. The number of aromatic nitrogens is 1. The summed E-state index contributed by atoms with van der Waals surface area (Å²) in [4.78, 5) is 15.8. The van der Waals surface area contributed by atoms with E-state index in [1.165, 1.54) is 11.3 Å². The lowest BCUT2D eigenvalue weighted by Crippen LogP contribution is -2.31. The molecule has 0 atom stereocenters. The van der Waals surface area contributed by atoms with E-state index >= 15 is 0 Å². The van der Waals surface area contributed by atoms with Gasteiger partial charge in [0.05, 0.1) is 5.69 Å². The van der Waals surface area contributed by atoms with Gasteiger partial charge in [0.2, 0.25) is 5.91 Å². The third kappa shape index (κ3) is 3.81. The molecule has 3 N–H and O–H groups in total. The molecule has 1 amide bonds. The first-order chi connectivity index (χ1) is 7.67. The van der Waals surface area contributed by atoms with Crippen LogP contribution in [-0.4, -0.2) is 17.4 Å². The SMILES string of the molecule is CCC(CC)C(=O)NCCc1csc(N)n1. The minimum absolute atomic E-state index is 0.139. The molecule has 0 radical (unpaired) electrons. The van der Waals surface area contributed by atoms with E-state index in [1.54, 1.807) is 0 Å². The van der Waals surface area contributed by atoms with Crippen LogP contribution in [0.2, 0.25) is 0 Å². The highest BCUT2D eigenvalue weighted by molar-refractivity contribution is 7.13. The van der Waals surface area contributed by atoms with Crippen LogP contribution in [0.1, 0.15) is 32.4 Å². The Morgan fingerprint density at radius 3 is 2.75 bits per heavy atom. The highest BCUT2D eigenvalue weighted by Crippen LogP contribution is 2.11. The Kier molecular flexibility index (Phi) is 5.25. The molecule has 4 nitrogen and oxygen atoms in total. The first-order valence-electron chi connectivity index (χ1n) is 5.65. The maximum Gasteiger partial charge on any atom is 0.223 e. The average molecular weight is 241 g/mol. The highest BCUT2D eigenvalue weighted by Gasteiger charge is 2.13. The first-order valence-corrected chi connectivity index (χ1v) is 6.52. The molecule has 0 aliphatic rings. The van der Waals surface area contributed by atoms with Crippen LogP contribution >= 0.6 is 11.3 Å². The fraction of sp³-hybridized carbons (Fsp3) is 0.636. The maximum atomic E-state index is 11.6. The number of thiazole rings is 1. The Labute approximate surface area is 100 Å². The van der Waals surface area contributed by atoms with Gasteiger partial charge in [0, 0.05) is 24.3 Å². The van der Waals surface area contributed by atoms with Crippen molar-refractivity contribution in [3.05, 3.63) is 11.1 Å². The van der Waals surface area contributed by atoms with Gasteiger partial charge in [-0.05, 0) is 12.8 Å². The number of rotatable bonds is 6. The van der Waals surface area contributed by atoms with Crippen LogP contribution in [0.3, 0.4) is 0 Å². The standard InChI is InChI=1S/C11H19N3OS/c1-3-8(4-2)10(15)13-6-5-9-7-16-11(12)14-9/h7-8H,3-6H2,1-2H3,(H2,12,14)(H,13,15). The second-order valence-electron chi connectivity index (χ2n) is 3.73. The lowest BCUT2D eigenvalue weighted by Gasteiger charge is -2.11. The quantitative estimate of drug-likeness (QED) is 0.798. The zero-order valence-electron chi connectivity index (χ0n) is 9.82. The minimum Gasteiger partial charge on any atom is -0.375 e. The molecule has 0 saturated carbocycles. The number of carbonyl (C=O) groups is 1. The molecule has 1 aromatic rings. The molecule has 1 rings (SSSR count). The van der Waals surface area contributed by atoms with Gasteiger partial charge in [-0.3, -0.25) is 4.79 Å². The number of hydrogen-bond acceptors (Lipinski definition) is 4. The van der Waals surface area contributed by atoms with E-state index in [0.717, 1.165) is 25.0 Å². The van der Waals surface area contributed by atoms with E-state index in [1.807, 2.05) is 19.2 Å². The van der Waals surface area contributed by atoms with Gasteiger partial charge >= 0.3 is 0 Å². The van der Waals surface area contributed by atoms with Gasteiger partial charge in [0.25, 0.3) is 0 Å². The number of nitrogens with two attached hydrogens (primary N) is 1. The van der Waals surface area contributed by atoms with E-state index in [2.05, 4.69) is 10.3 Å². The Balaban J connectivity index is 2.27. The van der Waals surface area contributed by atoms with Gasteiger partial charge in [-0.1, -0.05) is 13.8 Å². The summed E-state index contributed by atoms with van der Waals surface area (Å²) in [6, 6.07) is 0. The zero-order chi connectivity index (χ0) is 12.0. The van der Waals surface area contributed by atoms with Crippen LogP contribution in [0.5, 0.6) is 0 Å². The Morgan fingerprint density at radius 2 is 2.25 bits per heavy atom. The fourth-order valence-electron chi connectivity index (χ4n) is 1.56. The lowest BCUT2D eigenvalue weighted by molar-refractivity contribution is -0.125. The fourth-order valence-corrected chi connectivity index (χ4v) is 2.15. The van der Waals surface area contributed by atoms with Crippen LogP contribution < -0.4 is 11.1 Å². The van der Waals surface area contributed by atoms with Gasteiger partial charge < -0.3 is 11.1 Å². The lowest BCUT2D eigenvalue weighted by atomic mass is 10.0. The molecule has 0 unspecified atom stereocenters. The molecule has 0 fully saturated rings. The highest BCUT2D eigenvalue weighted by atomic mass is 32.1. The van der Waals surface area contributed by atoms with Crippen molar-refractivity contribution in [2.75, 3.05) is 12.3 Å². The summed E-state index contributed by atoms with van der Waals surface area (Å²) in [5.41, 5.74) is 6.47. The van der Waals surface area contributed by atoms with Crippen LogP contribution in [0, 0.1) is 5.92 Å². The van der Waals surface area contributed by atoms with E-state index in [9.17, 15) is 4.79 Å². The number of anilines is 1. The molecule has 0 spiro atoms. The largest absolute Gasteiger partial charge is 0.375 e. The molecule has 0 saturated heterocycles. The van der Waals surface area contributed by atoms with Gasteiger partial charge in [-0.2, -0.15) is 0 Å². The molecule has 1 aromatic heterocycles. The predicted molar refractivity (Wildman–Crippen MR) is 67.3 cm³/mol. The van der Waals surface area contributed by atoms with Crippen molar-refractivity contribution in [2.24, 2.45) is 5.92 Å². The summed E-state index contributed by atoms with van der Waals surface area (Å²) in [6.07, 6.45) is 2.54. The number of hydrogen-bond donors (Lipinski definition) is 2. The van der Waals surface area contributed by atoms with Crippen molar-refractivity contribution in [3.8, 4) is 0 Å². The smallest absolute Gasteiger partial charge is 0.223 e. The van der Waals surface area contributed by atoms with Crippen LogP contribution in [0.15, 0.2) is 5.38 Å². The van der Waals surface area contributed by atoms with Crippen molar-refractivity contribution in [2.45, 2.75) is 33.1 Å². The van der Waals surface area contributed by atoms with Gasteiger partial charge in [0.1, 0.15) is 0 Å². The number of nitrogens with zero attached hydrogens (tertiary/aromatic N) is 1. The Hall–Kier alpha value is -1.10. The third-order valence-corrected chi connectivity index (χ3v) is 3.33. The second-order valence-corrected chi connectivity index (χ2v) is 4.62. The first kappa shape index (κ1) is 13.0. The van der Waals surface area contributed by atoms with Crippen molar-refractivity contribution >= 4 is 22.4 Å². The molecule has 90 valence electrons. The third-order valence-electron chi connectivity index (χ3n) is 2.61. The van der Waals surface area contributed by atoms with Crippen molar-refractivity contribution in [3.63, 3.8) is 0 Å². The molecular weight excluding hydrogens is 222 g/mol. The van der Waals surface area contributed by atoms with E-state index < -0.39 is 0 Å². The van der Waals surface area contributed by atoms with Crippen LogP contribution in [-0.2, 0) is 11.2 Å². The summed E-state index contributed by atoms with van der Waals surface area (Å²) in [6.45, 7) is 4.71. The van der Waals surface area contributed by atoms with E-state index in [-0.39, 0.29) is 11.8 Å². The average Bonchev–Trinajstić information content (AvgIpc) is 2.66. The molecule has 0 aliphatic carbocycles. The molecule has 0 aliphatic heterocycles. The van der Waals surface area contributed by atoms with E-state index in [4.69, 9.17) is 5.73 Å². The number of carbonyl (C=O) groups excluding carboxylic acids is 1. The van der Waals surface area contributed by atoms with Crippen LogP contribution in [0.4, 0.5) is 5.13 Å². The molecule has 0 aromatic carbocycles. The second kappa shape index (κ2) is 6.48. The molecule has 16 heavy (non-hydrogen) atoms.